The lowest BCUT2D eigenvalue weighted by molar-refractivity contribution is 1.06. The molecular formula is C37H28N4. The molecule has 2 heterocycles. The van der Waals surface area contributed by atoms with Crippen LogP contribution in [0.4, 0.5) is 0 Å². The highest BCUT2D eigenvalue weighted by Crippen LogP contribution is 2.32. The first-order valence-corrected chi connectivity index (χ1v) is 13.7. The minimum absolute atomic E-state index is 0.991. The van der Waals surface area contributed by atoms with Crippen molar-refractivity contribution in [3.63, 3.8) is 0 Å². The third-order valence-corrected chi connectivity index (χ3v) is 7.67. The molecule has 4 nitrogen and oxygen atoms in total. The molecular weight excluding hydrogens is 500 g/mol. The van der Waals surface area contributed by atoms with Crippen LogP contribution in [-0.2, 0) is 0 Å². The van der Waals surface area contributed by atoms with E-state index in [1.54, 1.807) is 12.7 Å². The Morgan fingerprint density at radius 2 is 1.27 bits per heavy atom. The summed E-state index contributed by atoms with van der Waals surface area (Å²) in [6.07, 6.45) is 7.70. The van der Waals surface area contributed by atoms with Crippen molar-refractivity contribution in [2.75, 3.05) is 0 Å². The van der Waals surface area contributed by atoms with Gasteiger partial charge in [-0.3, -0.25) is 4.57 Å². The summed E-state index contributed by atoms with van der Waals surface area (Å²) in [5.74, 6) is 0. The van der Waals surface area contributed by atoms with Crippen LogP contribution in [0, 0.1) is 0 Å². The number of allylic oxidation sites excluding steroid dienone is 2. The first-order chi connectivity index (χ1) is 20.2. The highest BCUT2D eigenvalue weighted by Gasteiger charge is 2.12. The van der Waals surface area contributed by atoms with Gasteiger partial charge in [0, 0.05) is 22.1 Å². The van der Waals surface area contributed by atoms with Gasteiger partial charge in [0.2, 0.25) is 0 Å². The highest BCUT2D eigenvalue weighted by molar-refractivity contribution is 6.09. The van der Waals surface area contributed by atoms with Crippen molar-refractivity contribution in [2.24, 2.45) is 0 Å². The number of hydrogen-bond acceptors (Lipinski definition) is 2. The van der Waals surface area contributed by atoms with Crippen LogP contribution in [-0.4, -0.2) is 19.3 Å². The molecule has 0 spiro atoms. The molecule has 0 saturated carbocycles. The molecule has 0 unspecified atom stereocenters. The maximum Gasteiger partial charge on any atom is 0.123 e. The van der Waals surface area contributed by atoms with Crippen LogP contribution >= 0.6 is 0 Å². The topological polar surface area (TPSA) is 35.6 Å². The summed E-state index contributed by atoms with van der Waals surface area (Å²) in [4.78, 5) is 0. The Balaban J connectivity index is 1.38. The number of benzene rings is 5. The van der Waals surface area contributed by atoms with Gasteiger partial charge in [-0.2, -0.15) is 0 Å². The van der Waals surface area contributed by atoms with Gasteiger partial charge in [-0.05, 0) is 76.0 Å². The summed E-state index contributed by atoms with van der Waals surface area (Å²) in [7, 11) is 0. The first-order valence-electron chi connectivity index (χ1n) is 13.7. The molecule has 0 saturated heterocycles. The number of fused-ring (bicyclic) bond motifs is 3. The van der Waals surface area contributed by atoms with E-state index in [1.165, 1.54) is 21.8 Å². The molecule has 5 aromatic carbocycles. The molecule has 0 N–H and O–H groups in total. The van der Waals surface area contributed by atoms with Crippen LogP contribution in [0.25, 0.3) is 56.5 Å². The van der Waals surface area contributed by atoms with Gasteiger partial charge in [-0.25, -0.2) is 0 Å². The van der Waals surface area contributed by atoms with Crippen LogP contribution < -0.4 is 10.4 Å². The van der Waals surface area contributed by atoms with E-state index in [0.29, 0.717) is 0 Å². The molecule has 0 bridgehead atoms. The normalized spacial score (nSPS) is 12.4. The molecule has 0 aliphatic rings. The molecule has 2 aromatic heterocycles. The van der Waals surface area contributed by atoms with Gasteiger partial charge < -0.3 is 4.57 Å². The van der Waals surface area contributed by atoms with E-state index in [0.717, 1.165) is 44.1 Å². The van der Waals surface area contributed by atoms with E-state index in [2.05, 4.69) is 156 Å². The Morgan fingerprint density at radius 3 is 1.90 bits per heavy atom. The van der Waals surface area contributed by atoms with E-state index in [1.807, 2.05) is 4.57 Å². The Morgan fingerprint density at radius 1 is 0.659 bits per heavy atom. The van der Waals surface area contributed by atoms with Gasteiger partial charge in [-0.1, -0.05) is 97.6 Å². The van der Waals surface area contributed by atoms with Crippen molar-refractivity contribution in [1.82, 2.24) is 19.3 Å². The maximum absolute atomic E-state index is 4.44. The Kier molecular flexibility index (Phi) is 6.14. The number of para-hydroxylation sites is 2. The molecule has 0 aliphatic carbocycles. The number of rotatable bonds is 5. The third-order valence-electron chi connectivity index (χ3n) is 7.67. The van der Waals surface area contributed by atoms with E-state index in [4.69, 9.17) is 0 Å². The van der Waals surface area contributed by atoms with Crippen molar-refractivity contribution in [1.29, 1.82) is 0 Å². The van der Waals surface area contributed by atoms with Crippen molar-refractivity contribution < 1.29 is 0 Å². The molecule has 0 aliphatic heterocycles. The quantitative estimate of drug-likeness (QED) is 0.237. The summed E-state index contributed by atoms with van der Waals surface area (Å²) < 4.78 is 4.25. The molecule has 0 radical (unpaired) electrons. The second-order valence-electron chi connectivity index (χ2n) is 10.1. The number of hydrogen-bond donors (Lipinski definition) is 0. The molecule has 0 fully saturated rings. The Bertz CT molecular complexity index is 2100. The fraction of sp³-hybridized carbons (Fsp3) is 0.0270. The SMILES string of the molecule is C=c1cccc(-c2ccc(-n3cnnc3)cc2)/c1=C(/C=C\C)c1ccc(-n2c3ccccc3c3ccccc32)cc1. The molecule has 4 heteroatoms. The standard InChI is InChI=1S/C37H28N4/c1-3-9-31(37-26(2)10-8-13-32(37)28-16-20-29(21-17-28)40-24-38-39-25-40)27-18-22-30(23-19-27)41-35-14-6-4-11-33(35)34-12-5-7-15-36(34)41/h3-25H,2H2,1H3/b9-3-,37-31-. The van der Waals surface area contributed by atoms with E-state index in [9.17, 15) is 0 Å². The van der Waals surface area contributed by atoms with Gasteiger partial charge in [-0.15, -0.1) is 10.2 Å². The van der Waals surface area contributed by atoms with Crippen molar-refractivity contribution >= 4 is 34.0 Å². The summed E-state index contributed by atoms with van der Waals surface area (Å²) >= 11 is 0. The smallest absolute Gasteiger partial charge is 0.123 e. The molecule has 41 heavy (non-hydrogen) atoms. The van der Waals surface area contributed by atoms with Gasteiger partial charge in [0.25, 0.3) is 0 Å². The average molecular weight is 529 g/mol. The number of aromatic nitrogens is 4. The lowest BCUT2D eigenvalue weighted by atomic mass is 9.94. The molecule has 196 valence electrons. The third kappa shape index (κ3) is 4.26. The zero-order valence-corrected chi connectivity index (χ0v) is 22.8. The second kappa shape index (κ2) is 10.2. The fourth-order valence-electron chi connectivity index (χ4n) is 5.79. The van der Waals surface area contributed by atoms with Crippen LogP contribution in [0.2, 0.25) is 0 Å². The summed E-state index contributed by atoms with van der Waals surface area (Å²) in [5, 5.41) is 12.5. The number of nitrogens with zero attached hydrogens (tertiary/aromatic N) is 4. The summed E-state index contributed by atoms with van der Waals surface area (Å²) in [6.45, 7) is 6.50. The first kappa shape index (κ1) is 24.6. The maximum atomic E-state index is 4.44. The zero-order valence-electron chi connectivity index (χ0n) is 22.8. The molecule has 0 atom stereocenters. The van der Waals surface area contributed by atoms with E-state index < -0.39 is 0 Å². The Hall–Kier alpha value is -5.48. The monoisotopic (exact) mass is 528 g/mol. The highest BCUT2D eigenvalue weighted by atomic mass is 15.2. The molecule has 7 aromatic rings. The predicted molar refractivity (Wildman–Crippen MR) is 170 cm³/mol. The largest absolute Gasteiger partial charge is 0.309 e. The summed E-state index contributed by atoms with van der Waals surface area (Å²) in [5.41, 5.74) is 9.14. The lowest BCUT2D eigenvalue weighted by Crippen LogP contribution is -2.28. The van der Waals surface area contributed by atoms with Crippen LogP contribution in [0.1, 0.15) is 12.5 Å². The fourth-order valence-corrected chi connectivity index (χ4v) is 5.79. The van der Waals surface area contributed by atoms with Crippen LogP contribution in [0.3, 0.4) is 0 Å². The van der Waals surface area contributed by atoms with E-state index >= 15 is 0 Å². The van der Waals surface area contributed by atoms with Crippen LogP contribution in [0.15, 0.2) is 140 Å². The van der Waals surface area contributed by atoms with E-state index in [-0.39, 0.29) is 0 Å². The predicted octanol–water partition coefficient (Wildman–Crippen LogP) is 7.22. The minimum atomic E-state index is 0.991. The average Bonchev–Trinajstić information content (AvgIpc) is 3.68. The van der Waals surface area contributed by atoms with Crippen LogP contribution in [0.5, 0.6) is 0 Å². The van der Waals surface area contributed by atoms with Crippen molar-refractivity contribution in [3.05, 3.63) is 156 Å². The van der Waals surface area contributed by atoms with Gasteiger partial charge in [0.15, 0.2) is 0 Å². The van der Waals surface area contributed by atoms with Gasteiger partial charge in [0.05, 0.1) is 11.0 Å². The lowest BCUT2D eigenvalue weighted by Gasteiger charge is -2.12. The second-order valence-corrected chi connectivity index (χ2v) is 10.1. The Labute approximate surface area is 238 Å². The van der Waals surface area contributed by atoms with Crippen molar-refractivity contribution in [3.8, 4) is 22.5 Å². The zero-order chi connectivity index (χ0) is 27.8. The molecule has 0 amide bonds. The van der Waals surface area contributed by atoms with Crippen molar-refractivity contribution in [2.45, 2.75) is 6.92 Å². The van der Waals surface area contributed by atoms with Gasteiger partial charge >= 0.3 is 0 Å². The van der Waals surface area contributed by atoms with Gasteiger partial charge in [0.1, 0.15) is 12.7 Å². The minimum Gasteiger partial charge on any atom is -0.309 e. The summed E-state index contributed by atoms with van der Waals surface area (Å²) in [6, 6.07) is 40.9. The molecule has 7 rings (SSSR count).